The number of hydrogen-bond acceptors (Lipinski definition) is 16. The van der Waals surface area contributed by atoms with Crippen LogP contribution in [-0.2, 0) is 20.0 Å². The van der Waals surface area contributed by atoms with Gasteiger partial charge in [0.25, 0.3) is 0 Å². The Kier molecular flexibility index (Phi) is 8.55. The standard InChI is InChI=1S/C27H32O16/c28-7-15-19(33)21(35)23(37)26(42-15)40-8-16-20(34)22(36)25(38)27(39,43-16)18-13(32)5-11(30)17-12(31)6-14(41-24(17)18)9-1-3-10(29)4-2-9/h1-5,14-16,19-23,25-26,28-30,32-39H,6-8H2/t14-,15+,16+,19+,20+,21-,22-,23+,25+,26-,27-/m0/s1. The summed E-state index contributed by atoms with van der Waals surface area (Å²) in [5.74, 6) is -6.10. The van der Waals surface area contributed by atoms with Crippen LogP contribution >= 0.6 is 0 Å². The van der Waals surface area contributed by atoms with Gasteiger partial charge in [-0.3, -0.25) is 4.79 Å². The highest BCUT2D eigenvalue weighted by atomic mass is 16.7. The third-order valence-corrected chi connectivity index (χ3v) is 7.83. The zero-order chi connectivity index (χ0) is 31.4. The normalized spacial score (nSPS) is 37.9. The molecule has 16 heteroatoms. The van der Waals surface area contributed by atoms with Crippen LogP contribution in [0.3, 0.4) is 0 Å². The van der Waals surface area contributed by atoms with Gasteiger partial charge in [0.05, 0.1) is 25.2 Å². The van der Waals surface area contributed by atoms with Gasteiger partial charge < -0.3 is 75.1 Å². The predicted molar refractivity (Wildman–Crippen MR) is 137 cm³/mol. The van der Waals surface area contributed by atoms with Gasteiger partial charge in [0.1, 0.15) is 83.5 Å². The zero-order valence-corrected chi connectivity index (χ0v) is 22.2. The van der Waals surface area contributed by atoms with E-state index < -0.39 is 114 Å². The third kappa shape index (κ3) is 5.41. The highest BCUT2D eigenvalue weighted by molar-refractivity contribution is 6.03. The molecule has 5 rings (SSSR count). The maximum atomic E-state index is 13.1. The Morgan fingerprint density at radius 2 is 1.51 bits per heavy atom. The molecule has 0 bridgehead atoms. The minimum atomic E-state index is -3.11. The van der Waals surface area contributed by atoms with E-state index in [0.29, 0.717) is 11.6 Å². The topological polar surface area (TPSA) is 277 Å². The quantitative estimate of drug-likeness (QED) is 0.155. The smallest absolute Gasteiger partial charge is 0.229 e. The molecular formula is C27H32O16. The lowest BCUT2D eigenvalue weighted by Gasteiger charge is -2.47. The van der Waals surface area contributed by atoms with Gasteiger partial charge in [0.2, 0.25) is 5.79 Å². The van der Waals surface area contributed by atoms with Crippen molar-refractivity contribution in [2.24, 2.45) is 0 Å². The summed E-state index contributed by atoms with van der Waals surface area (Å²) in [7, 11) is 0. The van der Waals surface area contributed by atoms with Crippen LogP contribution in [0.5, 0.6) is 23.0 Å². The molecule has 2 fully saturated rings. The Morgan fingerprint density at radius 1 is 0.860 bits per heavy atom. The number of carbonyl (C=O) groups is 1. The molecule has 3 aliphatic heterocycles. The lowest BCUT2D eigenvalue weighted by Crippen LogP contribution is -2.64. The number of phenolic OH excluding ortho intramolecular Hbond substituents is 3. The summed E-state index contributed by atoms with van der Waals surface area (Å²) in [5, 5.41) is 114. The predicted octanol–water partition coefficient (Wildman–Crippen LogP) is -3.05. The molecule has 2 aromatic carbocycles. The van der Waals surface area contributed by atoms with Crippen molar-refractivity contribution < 1.29 is 79.9 Å². The fourth-order valence-electron chi connectivity index (χ4n) is 5.44. The molecule has 0 aliphatic carbocycles. The van der Waals surface area contributed by atoms with Gasteiger partial charge in [-0.1, -0.05) is 12.1 Å². The summed E-state index contributed by atoms with van der Waals surface area (Å²) in [6, 6.07) is 6.26. The van der Waals surface area contributed by atoms with Crippen LogP contribution in [0.2, 0.25) is 0 Å². The molecule has 0 spiro atoms. The molecule has 0 amide bonds. The van der Waals surface area contributed by atoms with Crippen molar-refractivity contribution in [2.75, 3.05) is 13.2 Å². The summed E-state index contributed by atoms with van der Waals surface area (Å²) in [4.78, 5) is 13.1. The maximum absolute atomic E-state index is 13.1. The second kappa shape index (κ2) is 11.8. The van der Waals surface area contributed by atoms with E-state index >= 15 is 0 Å². The Hall–Kier alpha value is -3.13. The fourth-order valence-corrected chi connectivity index (χ4v) is 5.44. The van der Waals surface area contributed by atoms with Crippen LogP contribution in [0.15, 0.2) is 30.3 Å². The highest BCUT2D eigenvalue weighted by Crippen LogP contribution is 2.52. The second-order valence-corrected chi connectivity index (χ2v) is 10.6. The molecule has 3 aliphatic rings. The van der Waals surface area contributed by atoms with Crippen molar-refractivity contribution in [1.29, 1.82) is 0 Å². The van der Waals surface area contributed by atoms with Crippen molar-refractivity contribution in [1.82, 2.24) is 0 Å². The average molecular weight is 613 g/mol. The molecule has 236 valence electrons. The molecular weight excluding hydrogens is 580 g/mol. The number of phenols is 3. The van der Waals surface area contributed by atoms with Crippen molar-refractivity contribution in [3.05, 3.63) is 47.0 Å². The van der Waals surface area contributed by atoms with Gasteiger partial charge in [-0.15, -0.1) is 0 Å². The molecule has 11 atom stereocenters. The fraction of sp³-hybridized carbons (Fsp3) is 0.519. The van der Waals surface area contributed by atoms with Crippen molar-refractivity contribution in [2.45, 2.75) is 73.4 Å². The van der Waals surface area contributed by atoms with Gasteiger partial charge in [-0.2, -0.15) is 0 Å². The van der Waals surface area contributed by atoms with Crippen LogP contribution in [0.4, 0.5) is 0 Å². The largest absolute Gasteiger partial charge is 0.508 e. The van der Waals surface area contributed by atoms with Gasteiger partial charge in [-0.05, 0) is 17.7 Å². The van der Waals surface area contributed by atoms with Crippen LogP contribution in [0, 0.1) is 0 Å². The van der Waals surface area contributed by atoms with E-state index in [1.54, 1.807) is 0 Å². The number of ether oxygens (including phenoxy) is 4. The molecule has 0 unspecified atom stereocenters. The van der Waals surface area contributed by atoms with Crippen LogP contribution in [0.25, 0.3) is 0 Å². The number of benzene rings is 2. The SMILES string of the molecule is O=C1C[C@@H](c2ccc(O)cc2)Oc2c1c(O)cc(O)c2[C@]1(O)O[C@H](CO[C@H]2O[C@H](CO)[C@@H](O)[C@H](O)[C@H]2O)[C@@H](O)[C@H](O)[C@H]1O. The number of aliphatic hydroxyl groups is 8. The van der Waals surface area contributed by atoms with Crippen LogP contribution in [-0.4, -0.2) is 130 Å². The molecule has 0 aromatic heterocycles. The molecule has 3 heterocycles. The van der Waals surface area contributed by atoms with E-state index in [4.69, 9.17) is 18.9 Å². The maximum Gasteiger partial charge on any atom is 0.229 e. The Bertz CT molecular complexity index is 1330. The Balaban J connectivity index is 1.48. The van der Waals surface area contributed by atoms with E-state index in [0.717, 1.165) is 0 Å². The number of ketones is 1. The van der Waals surface area contributed by atoms with Crippen molar-refractivity contribution >= 4 is 5.78 Å². The molecule has 0 saturated carbocycles. The number of aliphatic hydroxyl groups excluding tert-OH is 7. The van der Waals surface area contributed by atoms with E-state index in [1.807, 2.05) is 0 Å². The van der Waals surface area contributed by atoms with Crippen LogP contribution in [0.1, 0.15) is 34.0 Å². The number of aromatic hydroxyl groups is 3. The number of Topliss-reactive ketones (excluding diaryl/α,β-unsaturated/α-hetero) is 1. The van der Waals surface area contributed by atoms with Gasteiger partial charge >= 0.3 is 0 Å². The third-order valence-electron chi connectivity index (χ3n) is 7.83. The second-order valence-electron chi connectivity index (χ2n) is 10.6. The van der Waals surface area contributed by atoms with E-state index in [2.05, 4.69) is 0 Å². The number of fused-ring (bicyclic) bond motifs is 1. The minimum absolute atomic E-state index is 0.0696. The minimum Gasteiger partial charge on any atom is -0.508 e. The first-order chi connectivity index (χ1) is 20.3. The summed E-state index contributed by atoms with van der Waals surface area (Å²) < 4.78 is 22.1. The van der Waals surface area contributed by atoms with E-state index in [9.17, 15) is 61.0 Å². The Labute approximate surface area is 242 Å². The summed E-state index contributed by atoms with van der Waals surface area (Å²) in [5.41, 5.74) is -0.848. The number of carbonyl (C=O) groups excluding carboxylic acids is 1. The highest BCUT2D eigenvalue weighted by Gasteiger charge is 2.57. The monoisotopic (exact) mass is 612 g/mol. The van der Waals surface area contributed by atoms with Crippen molar-refractivity contribution in [3.63, 3.8) is 0 Å². The molecule has 43 heavy (non-hydrogen) atoms. The lowest BCUT2D eigenvalue weighted by atomic mass is 9.84. The lowest BCUT2D eigenvalue weighted by molar-refractivity contribution is -0.369. The first-order valence-electron chi connectivity index (χ1n) is 13.2. The zero-order valence-electron chi connectivity index (χ0n) is 22.2. The molecule has 2 aromatic rings. The van der Waals surface area contributed by atoms with Gasteiger partial charge in [-0.25, -0.2) is 0 Å². The summed E-state index contributed by atoms with van der Waals surface area (Å²) in [6.45, 7) is -1.56. The van der Waals surface area contributed by atoms with Crippen molar-refractivity contribution in [3.8, 4) is 23.0 Å². The van der Waals surface area contributed by atoms with Gasteiger partial charge in [0.15, 0.2) is 12.1 Å². The number of hydrogen-bond donors (Lipinski definition) is 11. The average Bonchev–Trinajstić information content (AvgIpc) is 2.97. The summed E-state index contributed by atoms with van der Waals surface area (Å²) >= 11 is 0. The van der Waals surface area contributed by atoms with Crippen LogP contribution < -0.4 is 4.74 Å². The molecule has 0 radical (unpaired) electrons. The van der Waals surface area contributed by atoms with E-state index in [-0.39, 0.29) is 12.2 Å². The molecule has 11 N–H and O–H groups in total. The first-order valence-corrected chi connectivity index (χ1v) is 13.2. The molecule has 2 saturated heterocycles. The van der Waals surface area contributed by atoms with E-state index in [1.165, 1.54) is 24.3 Å². The van der Waals surface area contributed by atoms with Gasteiger partial charge in [0, 0.05) is 6.07 Å². The Morgan fingerprint density at radius 3 is 2.16 bits per heavy atom. The first kappa shape index (κ1) is 31.3. The number of rotatable bonds is 6. The molecule has 16 nitrogen and oxygen atoms in total. The summed E-state index contributed by atoms with van der Waals surface area (Å²) in [6.07, 6.45) is -17.9.